The molecule has 0 aromatic heterocycles. The summed E-state index contributed by atoms with van der Waals surface area (Å²) in [6, 6.07) is 10.8. The minimum Gasteiger partial charge on any atom is -0.493 e. The first-order valence-corrected chi connectivity index (χ1v) is 12.0. The first-order chi connectivity index (χ1) is 17.3. The van der Waals surface area contributed by atoms with Crippen molar-refractivity contribution in [3.8, 4) is 11.5 Å². The summed E-state index contributed by atoms with van der Waals surface area (Å²) in [6.07, 6.45) is 0. The van der Waals surface area contributed by atoms with Crippen LogP contribution in [0, 0.1) is 13.8 Å². The van der Waals surface area contributed by atoms with E-state index >= 15 is 0 Å². The fourth-order valence-corrected chi connectivity index (χ4v) is 4.81. The van der Waals surface area contributed by atoms with Gasteiger partial charge in [-0.25, -0.2) is 9.59 Å². The molecular weight excluding hydrogens is 460 g/mol. The van der Waals surface area contributed by atoms with Gasteiger partial charge in [0.2, 0.25) is 0 Å². The second kappa shape index (κ2) is 10.9. The number of rotatable bonds is 7. The van der Waals surface area contributed by atoms with E-state index in [1.807, 2.05) is 0 Å². The first-order valence-electron chi connectivity index (χ1n) is 12.0. The number of carbonyl (C=O) groups is 2. The van der Waals surface area contributed by atoms with Gasteiger partial charge in [0.1, 0.15) is 0 Å². The lowest BCUT2D eigenvalue weighted by atomic mass is 9.94. The lowest BCUT2D eigenvalue weighted by Gasteiger charge is -2.38. The van der Waals surface area contributed by atoms with Gasteiger partial charge in [-0.05, 0) is 48.7 Å². The first kappa shape index (κ1) is 25.4. The molecule has 0 radical (unpaired) electrons. The van der Waals surface area contributed by atoms with E-state index in [9.17, 15) is 9.59 Å². The zero-order chi connectivity index (χ0) is 25.8. The summed E-state index contributed by atoms with van der Waals surface area (Å²) >= 11 is 0. The Morgan fingerprint density at radius 2 is 1.69 bits per heavy atom. The molecule has 1 saturated heterocycles. The van der Waals surface area contributed by atoms with Crippen LogP contribution in [0.2, 0.25) is 0 Å². The molecule has 0 spiro atoms. The number of ether oxygens (including phenoxy) is 3. The molecular formula is C27H34N4O5. The average molecular weight is 495 g/mol. The Hall–Kier alpha value is -3.72. The third-order valence-corrected chi connectivity index (χ3v) is 6.76. The van der Waals surface area contributed by atoms with E-state index in [4.69, 9.17) is 14.2 Å². The van der Waals surface area contributed by atoms with Crippen molar-refractivity contribution in [1.29, 1.82) is 0 Å². The summed E-state index contributed by atoms with van der Waals surface area (Å²) in [5.74, 6) is 0.578. The van der Waals surface area contributed by atoms with Crippen molar-refractivity contribution < 1.29 is 23.8 Å². The SMILES string of the molecule is COC(=O)C1=C(CN2CCN(c3cc(C)ccc3C)CC2)NC(=O)N[C@H]1c1ccc(OC)c(OC)c1. The second-order valence-electron chi connectivity index (χ2n) is 9.08. The van der Waals surface area contributed by atoms with Crippen LogP contribution >= 0.6 is 0 Å². The lowest BCUT2D eigenvalue weighted by Crippen LogP contribution is -2.51. The minimum absolute atomic E-state index is 0.369. The highest BCUT2D eigenvalue weighted by Crippen LogP contribution is 2.34. The number of piperazine rings is 1. The molecule has 36 heavy (non-hydrogen) atoms. The Morgan fingerprint density at radius 1 is 0.972 bits per heavy atom. The quantitative estimate of drug-likeness (QED) is 0.572. The van der Waals surface area contributed by atoms with E-state index in [1.165, 1.54) is 23.9 Å². The summed E-state index contributed by atoms with van der Waals surface area (Å²) in [5.41, 5.74) is 5.37. The van der Waals surface area contributed by atoms with Gasteiger partial charge >= 0.3 is 12.0 Å². The summed E-state index contributed by atoms with van der Waals surface area (Å²) in [7, 11) is 4.45. The molecule has 2 aliphatic rings. The van der Waals surface area contributed by atoms with E-state index in [2.05, 4.69) is 52.5 Å². The van der Waals surface area contributed by atoms with E-state index in [0.29, 0.717) is 34.9 Å². The minimum atomic E-state index is -0.683. The predicted molar refractivity (Wildman–Crippen MR) is 138 cm³/mol. The Labute approximate surface area is 212 Å². The van der Waals surface area contributed by atoms with Crippen molar-refractivity contribution in [2.24, 2.45) is 0 Å². The third kappa shape index (κ3) is 5.26. The molecule has 0 unspecified atom stereocenters. The van der Waals surface area contributed by atoms with Crippen molar-refractivity contribution >= 4 is 17.7 Å². The van der Waals surface area contributed by atoms with Crippen LogP contribution in [-0.2, 0) is 9.53 Å². The molecule has 0 bridgehead atoms. The van der Waals surface area contributed by atoms with E-state index < -0.39 is 12.0 Å². The van der Waals surface area contributed by atoms with Crippen molar-refractivity contribution in [1.82, 2.24) is 15.5 Å². The summed E-state index contributed by atoms with van der Waals surface area (Å²) in [6.45, 7) is 7.99. The van der Waals surface area contributed by atoms with Crippen LogP contribution in [-0.4, -0.2) is 71.0 Å². The molecule has 2 aromatic rings. The molecule has 1 atom stereocenters. The highest BCUT2D eigenvalue weighted by Gasteiger charge is 2.35. The molecule has 9 heteroatoms. The van der Waals surface area contributed by atoms with Crippen molar-refractivity contribution in [3.05, 3.63) is 64.4 Å². The van der Waals surface area contributed by atoms with Gasteiger partial charge in [-0.3, -0.25) is 4.90 Å². The van der Waals surface area contributed by atoms with E-state index in [1.54, 1.807) is 32.4 Å². The van der Waals surface area contributed by atoms with Gasteiger partial charge in [-0.1, -0.05) is 18.2 Å². The number of hydrogen-bond acceptors (Lipinski definition) is 7. The van der Waals surface area contributed by atoms with Crippen molar-refractivity contribution in [2.75, 3.05) is 59.0 Å². The van der Waals surface area contributed by atoms with Gasteiger partial charge in [0.05, 0.1) is 32.9 Å². The van der Waals surface area contributed by atoms with Gasteiger partial charge in [-0.2, -0.15) is 0 Å². The van der Waals surface area contributed by atoms with Crippen LogP contribution in [0.5, 0.6) is 11.5 Å². The number of benzene rings is 2. The predicted octanol–water partition coefficient (Wildman–Crippen LogP) is 2.92. The number of carbonyl (C=O) groups excluding carboxylic acids is 2. The number of methoxy groups -OCH3 is 3. The number of nitrogens with zero attached hydrogens (tertiary/aromatic N) is 2. The topological polar surface area (TPSA) is 92.4 Å². The Balaban J connectivity index is 1.58. The second-order valence-corrected chi connectivity index (χ2v) is 9.08. The van der Waals surface area contributed by atoms with Gasteiger partial charge in [0, 0.05) is 44.1 Å². The smallest absolute Gasteiger partial charge is 0.338 e. The van der Waals surface area contributed by atoms with Gasteiger partial charge < -0.3 is 29.7 Å². The van der Waals surface area contributed by atoms with Crippen LogP contribution < -0.4 is 25.0 Å². The zero-order valence-corrected chi connectivity index (χ0v) is 21.5. The Morgan fingerprint density at radius 3 is 2.36 bits per heavy atom. The maximum Gasteiger partial charge on any atom is 0.338 e. The standard InChI is InChI=1S/C27H34N4O5/c1-17-6-7-18(2)21(14-17)31-12-10-30(11-13-31)16-20-24(26(32)36-5)25(29-27(33)28-20)19-8-9-22(34-3)23(15-19)35-4/h6-9,14-15,25H,10-13,16H2,1-5H3,(H2,28,29,33)/t25-/m0/s1. The van der Waals surface area contributed by atoms with Crippen LogP contribution in [0.25, 0.3) is 0 Å². The molecule has 0 saturated carbocycles. The number of aryl methyl sites for hydroxylation is 2. The normalized spacial score (nSPS) is 18.4. The molecule has 0 aliphatic carbocycles. The fourth-order valence-electron chi connectivity index (χ4n) is 4.81. The van der Waals surface area contributed by atoms with Crippen LogP contribution in [0.15, 0.2) is 47.7 Å². The molecule has 192 valence electrons. The molecule has 1 fully saturated rings. The average Bonchev–Trinajstić information content (AvgIpc) is 2.89. The molecule has 2 aliphatic heterocycles. The van der Waals surface area contributed by atoms with Crippen molar-refractivity contribution in [3.63, 3.8) is 0 Å². The molecule has 2 heterocycles. The maximum atomic E-state index is 12.9. The number of urea groups is 1. The van der Waals surface area contributed by atoms with E-state index in [0.717, 1.165) is 26.2 Å². The Kier molecular flexibility index (Phi) is 7.69. The third-order valence-electron chi connectivity index (χ3n) is 6.76. The number of nitrogens with one attached hydrogen (secondary N) is 2. The molecule has 4 rings (SSSR count). The largest absolute Gasteiger partial charge is 0.493 e. The maximum absolute atomic E-state index is 12.9. The van der Waals surface area contributed by atoms with Gasteiger partial charge in [-0.15, -0.1) is 0 Å². The zero-order valence-electron chi connectivity index (χ0n) is 21.5. The van der Waals surface area contributed by atoms with Crippen LogP contribution in [0.3, 0.4) is 0 Å². The monoisotopic (exact) mass is 494 g/mol. The molecule has 2 amide bonds. The molecule has 2 aromatic carbocycles. The highest BCUT2D eigenvalue weighted by atomic mass is 16.5. The number of esters is 1. The summed E-state index contributed by atoms with van der Waals surface area (Å²) in [4.78, 5) is 30.2. The molecule has 9 nitrogen and oxygen atoms in total. The van der Waals surface area contributed by atoms with Gasteiger partial charge in [0.15, 0.2) is 11.5 Å². The number of amides is 2. The van der Waals surface area contributed by atoms with Crippen LogP contribution in [0.4, 0.5) is 10.5 Å². The fraction of sp³-hybridized carbons (Fsp3) is 0.407. The Bertz CT molecular complexity index is 1170. The van der Waals surface area contributed by atoms with Crippen LogP contribution in [0.1, 0.15) is 22.7 Å². The number of hydrogen-bond donors (Lipinski definition) is 2. The lowest BCUT2D eigenvalue weighted by molar-refractivity contribution is -0.136. The molecule has 2 N–H and O–H groups in total. The van der Waals surface area contributed by atoms with Crippen molar-refractivity contribution in [2.45, 2.75) is 19.9 Å². The van der Waals surface area contributed by atoms with E-state index in [-0.39, 0.29) is 6.03 Å². The number of anilines is 1. The summed E-state index contributed by atoms with van der Waals surface area (Å²) < 4.78 is 15.9. The highest BCUT2D eigenvalue weighted by molar-refractivity contribution is 5.95. The van der Waals surface area contributed by atoms with Gasteiger partial charge in [0.25, 0.3) is 0 Å². The summed E-state index contributed by atoms with van der Waals surface area (Å²) in [5, 5.41) is 5.72.